The molecule has 244 valence electrons. The molecule has 1 aliphatic heterocycles. The molecule has 46 heavy (non-hydrogen) atoms. The van der Waals surface area contributed by atoms with Gasteiger partial charge in [-0.05, 0) is 47.7 Å². The van der Waals surface area contributed by atoms with Crippen molar-refractivity contribution in [3.05, 3.63) is 96.3 Å². The molecule has 4 amide bonds. The van der Waals surface area contributed by atoms with Crippen molar-refractivity contribution in [2.24, 2.45) is 5.41 Å². The smallest absolute Gasteiger partial charge is 0.252 e. The predicted octanol–water partition coefficient (Wildman–Crippen LogP) is 3.36. The molecule has 0 spiro atoms. The highest BCUT2D eigenvalue weighted by molar-refractivity contribution is 5.95. The molecule has 10 heteroatoms. The molecule has 0 radical (unpaired) electrons. The van der Waals surface area contributed by atoms with E-state index >= 15 is 0 Å². The second kappa shape index (κ2) is 15.6. The zero-order valence-electron chi connectivity index (χ0n) is 27.3. The number of nitrogens with one attached hydrogen (secondary N) is 3. The summed E-state index contributed by atoms with van der Waals surface area (Å²) in [5.74, 6) is -1.55. The number of likely N-dealkylation sites (N-methyl/N-ethyl adjacent to an activating group) is 1. The molecule has 0 aromatic heterocycles. The Morgan fingerprint density at radius 2 is 1.61 bits per heavy atom. The Morgan fingerprint density at radius 1 is 0.913 bits per heavy atom. The van der Waals surface area contributed by atoms with E-state index in [1.165, 1.54) is 4.90 Å². The Kier molecular flexibility index (Phi) is 11.7. The maximum Gasteiger partial charge on any atom is 0.252 e. The quantitative estimate of drug-likeness (QED) is 0.268. The molecular formula is C36H45N5O5. The summed E-state index contributed by atoms with van der Waals surface area (Å²) in [6.07, 6.45) is 3.82. The number of benzene rings is 3. The lowest BCUT2D eigenvalue weighted by Crippen LogP contribution is -2.58. The van der Waals surface area contributed by atoms with Crippen molar-refractivity contribution in [2.45, 2.75) is 58.8 Å². The standard InChI is InChI=1S/C36H45N5O5/c1-25(37-5)33(43)39-32(36(2,3)4)34(44)38-22-31(42)41-21-20-40(19-18-28-16-11-15-27-14-9-10-17-29(27)28)35(45)30(41)24-46-23-26-12-7-6-8-13-26/h6-17,20-21,25,30,32,37H,18-19,22-24H2,1-5H3,(H,38,44)(H,39,43)/t25-,30-,32+/m0/s1. The van der Waals surface area contributed by atoms with E-state index < -0.39 is 35.4 Å². The van der Waals surface area contributed by atoms with Crippen LogP contribution in [0.5, 0.6) is 0 Å². The molecule has 3 N–H and O–H groups in total. The summed E-state index contributed by atoms with van der Waals surface area (Å²) in [5.41, 5.74) is 1.46. The van der Waals surface area contributed by atoms with Crippen LogP contribution in [0.4, 0.5) is 0 Å². The van der Waals surface area contributed by atoms with Crippen LogP contribution in [-0.2, 0) is 36.9 Å². The second-order valence-corrected chi connectivity index (χ2v) is 12.6. The fourth-order valence-corrected chi connectivity index (χ4v) is 5.28. The van der Waals surface area contributed by atoms with E-state index in [4.69, 9.17) is 4.74 Å². The maximum atomic E-state index is 13.8. The van der Waals surface area contributed by atoms with Crippen LogP contribution in [-0.4, -0.2) is 78.3 Å². The van der Waals surface area contributed by atoms with E-state index in [1.54, 1.807) is 31.3 Å². The van der Waals surface area contributed by atoms with E-state index in [0.717, 1.165) is 21.9 Å². The van der Waals surface area contributed by atoms with Gasteiger partial charge in [0.25, 0.3) is 5.91 Å². The average Bonchev–Trinajstić information content (AvgIpc) is 3.05. The number of fused-ring (bicyclic) bond motifs is 1. The molecule has 0 saturated heterocycles. The van der Waals surface area contributed by atoms with Gasteiger partial charge in [-0.3, -0.25) is 19.2 Å². The number of carbonyl (C=O) groups is 4. The highest BCUT2D eigenvalue weighted by atomic mass is 16.5. The van der Waals surface area contributed by atoms with Gasteiger partial charge in [0.15, 0.2) is 0 Å². The SMILES string of the molecule is CN[C@@H](C)C(=O)N[C@H](C(=O)NCC(=O)N1C=CN(CCc2cccc3ccccc23)C(=O)[C@@H]1COCc1ccccc1)C(C)(C)C. The Balaban J connectivity index is 1.47. The minimum atomic E-state index is -0.916. The van der Waals surface area contributed by atoms with Crippen molar-refractivity contribution in [1.82, 2.24) is 25.8 Å². The first kappa shape index (κ1) is 34.3. The Labute approximate surface area is 271 Å². The molecule has 0 fully saturated rings. The van der Waals surface area contributed by atoms with Gasteiger partial charge in [-0.1, -0.05) is 93.6 Å². The minimum Gasteiger partial charge on any atom is -0.374 e. The van der Waals surface area contributed by atoms with Gasteiger partial charge in [0.1, 0.15) is 12.1 Å². The predicted molar refractivity (Wildman–Crippen MR) is 178 cm³/mol. The molecule has 3 aromatic rings. The van der Waals surface area contributed by atoms with Gasteiger partial charge in [0, 0.05) is 18.9 Å². The molecule has 0 saturated carbocycles. The molecule has 4 rings (SSSR count). The number of rotatable bonds is 13. The van der Waals surface area contributed by atoms with E-state index in [-0.39, 0.29) is 31.6 Å². The molecule has 3 aromatic carbocycles. The van der Waals surface area contributed by atoms with Crippen LogP contribution >= 0.6 is 0 Å². The fourth-order valence-electron chi connectivity index (χ4n) is 5.28. The third kappa shape index (κ3) is 8.80. The lowest BCUT2D eigenvalue weighted by atomic mass is 9.86. The number of hydrogen-bond acceptors (Lipinski definition) is 6. The van der Waals surface area contributed by atoms with E-state index in [2.05, 4.69) is 40.2 Å². The van der Waals surface area contributed by atoms with Crippen LogP contribution in [0.15, 0.2) is 85.2 Å². The van der Waals surface area contributed by atoms with Crippen molar-refractivity contribution in [2.75, 3.05) is 26.7 Å². The third-order valence-electron chi connectivity index (χ3n) is 8.14. The number of amides is 4. The van der Waals surface area contributed by atoms with Gasteiger partial charge >= 0.3 is 0 Å². The van der Waals surface area contributed by atoms with Crippen LogP contribution in [0.1, 0.15) is 38.8 Å². The number of carbonyl (C=O) groups excluding carboxylic acids is 4. The summed E-state index contributed by atoms with van der Waals surface area (Å²) < 4.78 is 5.95. The zero-order chi connectivity index (χ0) is 33.3. The average molecular weight is 628 g/mol. The first-order valence-corrected chi connectivity index (χ1v) is 15.6. The Bertz CT molecular complexity index is 1550. The second-order valence-electron chi connectivity index (χ2n) is 12.6. The van der Waals surface area contributed by atoms with Crippen LogP contribution < -0.4 is 16.0 Å². The third-order valence-corrected chi connectivity index (χ3v) is 8.14. The first-order valence-electron chi connectivity index (χ1n) is 15.6. The number of ether oxygens (including phenoxy) is 1. The minimum absolute atomic E-state index is 0.0227. The van der Waals surface area contributed by atoms with E-state index in [0.29, 0.717) is 13.0 Å². The topological polar surface area (TPSA) is 120 Å². The summed E-state index contributed by atoms with van der Waals surface area (Å²) in [7, 11) is 1.66. The van der Waals surface area contributed by atoms with Crippen LogP contribution in [0.2, 0.25) is 0 Å². The van der Waals surface area contributed by atoms with Gasteiger partial charge in [-0.15, -0.1) is 0 Å². The van der Waals surface area contributed by atoms with Crippen molar-refractivity contribution in [3.63, 3.8) is 0 Å². The van der Waals surface area contributed by atoms with Crippen LogP contribution in [0.3, 0.4) is 0 Å². The van der Waals surface area contributed by atoms with Crippen LogP contribution in [0, 0.1) is 5.41 Å². The lowest BCUT2D eigenvalue weighted by molar-refractivity contribution is -0.146. The molecule has 1 aliphatic rings. The van der Waals surface area contributed by atoms with Crippen LogP contribution in [0.25, 0.3) is 10.8 Å². The Morgan fingerprint density at radius 3 is 2.33 bits per heavy atom. The van der Waals surface area contributed by atoms with Crippen molar-refractivity contribution in [1.29, 1.82) is 0 Å². The molecule has 3 atom stereocenters. The zero-order valence-corrected chi connectivity index (χ0v) is 27.3. The molecule has 0 bridgehead atoms. The summed E-state index contributed by atoms with van der Waals surface area (Å²) in [4.78, 5) is 56.1. The van der Waals surface area contributed by atoms with Gasteiger partial charge in [-0.2, -0.15) is 0 Å². The van der Waals surface area contributed by atoms with E-state index in [1.807, 2.05) is 69.3 Å². The van der Waals surface area contributed by atoms with Crippen molar-refractivity contribution >= 4 is 34.4 Å². The van der Waals surface area contributed by atoms with E-state index in [9.17, 15) is 19.2 Å². The van der Waals surface area contributed by atoms with Crippen molar-refractivity contribution in [3.8, 4) is 0 Å². The lowest BCUT2D eigenvalue weighted by Gasteiger charge is -2.36. The summed E-state index contributed by atoms with van der Waals surface area (Å²) in [6.45, 7) is 7.53. The van der Waals surface area contributed by atoms with Gasteiger partial charge in [-0.25, -0.2) is 0 Å². The monoisotopic (exact) mass is 627 g/mol. The largest absolute Gasteiger partial charge is 0.374 e. The first-order chi connectivity index (χ1) is 22.0. The maximum absolute atomic E-state index is 13.8. The Hall–Kier alpha value is -4.54. The fraction of sp³-hybridized carbons (Fsp3) is 0.389. The summed E-state index contributed by atoms with van der Waals surface area (Å²) in [5, 5.41) is 10.6. The van der Waals surface area contributed by atoms with Gasteiger partial charge in [0.2, 0.25) is 17.7 Å². The highest BCUT2D eigenvalue weighted by Crippen LogP contribution is 2.22. The molecular weight excluding hydrogens is 582 g/mol. The molecule has 0 unspecified atom stereocenters. The normalized spacial score (nSPS) is 16.3. The molecule has 10 nitrogen and oxygen atoms in total. The molecule has 1 heterocycles. The summed E-state index contributed by atoms with van der Waals surface area (Å²) in [6, 6.07) is 21.6. The number of nitrogens with zero attached hydrogens (tertiary/aromatic N) is 2. The van der Waals surface area contributed by atoms with Crippen molar-refractivity contribution < 1.29 is 23.9 Å². The summed E-state index contributed by atoms with van der Waals surface area (Å²) >= 11 is 0. The van der Waals surface area contributed by atoms with Gasteiger partial charge in [0.05, 0.1) is 25.8 Å². The highest BCUT2D eigenvalue weighted by Gasteiger charge is 2.37. The van der Waals surface area contributed by atoms with Gasteiger partial charge < -0.3 is 30.5 Å². The molecule has 0 aliphatic carbocycles. The number of hydrogen-bond donors (Lipinski definition) is 3.